The lowest BCUT2D eigenvalue weighted by molar-refractivity contribution is -0.138. The summed E-state index contributed by atoms with van der Waals surface area (Å²) >= 11 is 16.6. The lowest BCUT2D eigenvalue weighted by Gasteiger charge is -2.13. The average molecular weight is 430 g/mol. The molecule has 0 aliphatic heterocycles. The van der Waals surface area contributed by atoms with Crippen LogP contribution in [-0.2, 0) is 11.0 Å². The Hall–Kier alpha value is -1.90. The van der Waals surface area contributed by atoms with Gasteiger partial charge in [0.1, 0.15) is 10.7 Å². The second-order valence-electron chi connectivity index (χ2n) is 4.99. The van der Waals surface area contributed by atoms with Crippen molar-refractivity contribution in [2.45, 2.75) is 13.1 Å². The summed E-state index contributed by atoms with van der Waals surface area (Å²) in [4.78, 5) is 23.2. The number of hydrogen-bond donors (Lipinski definition) is 0. The van der Waals surface area contributed by atoms with Crippen molar-refractivity contribution in [3.63, 3.8) is 0 Å². The molecule has 1 heterocycles. The van der Waals surface area contributed by atoms with E-state index in [4.69, 9.17) is 34.8 Å². The van der Waals surface area contributed by atoms with Crippen molar-refractivity contribution in [3.8, 4) is 5.69 Å². The lowest BCUT2D eigenvalue weighted by Crippen LogP contribution is -2.28. The maximum absolute atomic E-state index is 14.2. The Morgan fingerprint density at radius 3 is 2.42 bits per heavy atom. The summed E-state index contributed by atoms with van der Waals surface area (Å²) in [5.41, 5.74) is -3.53. The van der Waals surface area contributed by atoms with Gasteiger partial charge in [0, 0.05) is 5.56 Å². The van der Waals surface area contributed by atoms with E-state index in [-0.39, 0.29) is 10.6 Å². The number of benzene rings is 1. The van der Waals surface area contributed by atoms with Crippen LogP contribution in [0.5, 0.6) is 0 Å². The van der Waals surface area contributed by atoms with Gasteiger partial charge in [-0.05, 0) is 42.3 Å². The first kappa shape index (κ1) is 20.4. The number of hydrogen-bond acceptors (Lipinski definition) is 3. The third kappa shape index (κ3) is 4.08. The molecule has 0 atom stereocenters. The third-order valence-corrected chi connectivity index (χ3v) is 4.20. The number of aromatic nitrogens is 2. The van der Waals surface area contributed by atoms with Crippen LogP contribution in [0.4, 0.5) is 17.6 Å². The molecule has 11 heteroatoms. The molecule has 0 saturated heterocycles. The second kappa shape index (κ2) is 7.38. The van der Waals surface area contributed by atoms with Crippen molar-refractivity contribution in [2.24, 2.45) is 0 Å². The Bertz CT molecular complexity index is 984. The van der Waals surface area contributed by atoms with Crippen LogP contribution in [0.2, 0.25) is 5.02 Å². The highest BCUT2D eigenvalue weighted by atomic mass is 35.5. The SMILES string of the molecule is Cc1c(C(F)(F)F)cnn(-c2cc(/C=C(\Cl)C(=O)Cl)c(Cl)cc2F)c1=O. The van der Waals surface area contributed by atoms with E-state index >= 15 is 0 Å². The van der Waals surface area contributed by atoms with Crippen molar-refractivity contribution in [1.82, 2.24) is 9.78 Å². The van der Waals surface area contributed by atoms with Crippen LogP contribution in [0, 0.1) is 12.7 Å². The fraction of sp³-hybridized carbons (Fsp3) is 0.133. The van der Waals surface area contributed by atoms with E-state index < -0.39 is 44.6 Å². The Kier molecular flexibility index (Phi) is 5.79. The topological polar surface area (TPSA) is 52.0 Å². The molecule has 0 amide bonds. The van der Waals surface area contributed by atoms with E-state index in [0.29, 0.717) is 10.9 Å². The van der Waals surface area contributed by atoms with Crippen LogP contribution in [0.1, 0.15) is 16.7 Å². The summed E-state index contributed by atoms with van der Waals surface area (Å²) in [6.07, 6.45) is -3.35. The highest BCUT2D eigenvalue weighted by molar-refractivity contribution is 6.74. The first-order chi connectivity index (χ1) is 11.9. The van der Waals surface area contributed by atoms with Crippen LogP contribution in [-0.4, -0.2) is 15.0 Å². The van der Waals surface area contributed by atoms with Gasteiger partial charge < -0.3 is 0 Å². The molecule has 0 fully saturated rings. The molecule has 0 aliphatic rings. The van der Waals surface area contributed by atoms with Gasteiger partial charge in [0.2, 0.25) is 0 Å². The number of allylic oxidation sites excluding steroid dienone is 1. The van der Waals surface area contributed by atoms with Gasteiger partial charge in [0.25, 0.3) is 10.8 Å². The largest absolute Gasteiger partial charge is 0.418 e. The molecular weight excluding hydrogens is 423 g/mol. The zero-order chi connectivity index (χ0) is 19.8. The lowest BCUT2D eigenvalue weighted by atomic mass is 10.1. The van der Waals surface area contributed by atoms with Gasteiger partial charge in [-0.3, -0.25) is 9.59 Å². The van der Waals surface area contributed by atoms with Gasteiger partial charge in [-0.1, -0.05) is 23.2 Å². The molecule has 4 nitrogen and oxygen atoms in total. The number of carbonyl (C=O) groups is 1. The first-order valence-electron chi connectivity index (χ1n) is 6.66. The predicted molar refractivity (Wildman–Crippen MR) is 89.2 cm³/mol. The molecular formula is C15H7Cl3F4N2O2. The summed E-state index contributed by atoms with van der Waals surface area (Å²) in [6.45, 7) is 0.945. The minimum Gasteiger partial charge on any atom is -0.275 e. The molecule has 0 spiro atoms. The van der Waals surface area contributed by atoms with Gasteiger partial charge in [-0.25, -0.2) is 4.39 Å². The molecule has 138 valence electrons. The Morgan fingerprint density at radius 1 is 1.27 bits per heavy atom. The molecule has 0 aliphatic carbocycles. The molecule has 0 bridgehead atoms. The maximum atomic E-state index is 14.2. The Morgan fingerprint density at radius 2 is 1.88 bits per heavy atom. The molecule has 1 aromatic heterocycles. The van der Waals surface area contributed by atoms with Crippen LogP contribution in [0.3, 0.4) is 0 Å². The van der Waals surface area contributed by atoms with Crippen molar-refractivity contribution >= 4 is 46.1 Å². The van der Waals surface area contributed by atoms with Gasteiger partial charge in [-0.15, -0.1) is 0 Å². The van der Waals surface area contributed by atoms with E-state index in [9.17, 15) is 27.2 Å². The van der Waals surface area contributed by atoms with E-state index in [1.165, 1.54) is 0 Å². The summed E-state index contributed by atoms with van der Waals surface area (Å²) < 4.78 is 53.1. The summed E-state index contributed by atoms with van der Waals surface area (Å²) in [5.74, 6) is -1.02. The fourth-order valence-electron chi connectivity index (χ4n) is 2.02. The Labute approximate surface area is 158 Å². The Balaban J connectivity index is 2.70. The normalized spacial score (nSPS) is 12.4. The zero-order valence-electron chi connectivity index (χ0n) is 12.7. The minimum atomic E-state index is -4.78. The van der Waals surface area contributed by atoms with Gasteiger partial charge >= 0.3 is 6.18 Å². The van der Waals surface area contributed by atoms with Crippen molar-refractivity contribution < 1.29 is 22.4 Å². The minimum absolute atomic E-state index is 0.00770. The molecule has 0 N–H and O–H groups in total. The fourth-order valence-corrected chi connectivity index (χ4v) is 2.39. The van der Waals surface area contributed by atoms with Gasteiger partial charge in [0.05, 0.1) is 16.8 Å². The van der Waals surface area contributed by atoms with Crippen molar-refractivity contribution in [1.29, 1.82) is 0 Å². The number of rotatable bonds is 3. The van der Waals surface area contributed by atoms with E-state index in [0.717, 1.165) is 25.1 Å². The van der Waals surface area contributed by atoms with Crippen LogP contribution in [0.15, 0.2) is 28.2 Å². The monoisotopic (exact) mass is 428 g/mol. The van der Waals surface area contributed by atoms with Crippen LogP contribution in [0.25, 0.3) is 11.8 Å². The molecule has 0 radical (unpaired) electrons. The molecule has 1 aromatic carbocycles. The van der Waals surface area contributed by atoms with E-state index in [2.05, 4.69) is 5.10 Å². The number of carbonyl (C=O) groups excluding carboxylic acids is 1. The number of alkyl halides is 3. The molecule has 2 aromatic rings. The molecule has 0 unspecified atom stereocenters. The predicted octanol–water partition coefficient (Wildman–Crippen LogP) is 4.70. The average Bonchev–Trinajstić information content (AvgIpc) is 2.51. The van der Waals surface area contributed by atoms with E-state index in [1.807, 2.05) is 0 Å². The standard InChI is InChI=1S/C15H7Cl3F4N2O2/c1-6-8(15(20,21)22)5-23-24(14(6)26)12-3-7(2-10(17)13(18)25)9(16)4-11(12)19/h2-5H,1H3/b10-2-. The number of nitrogens with zero attached hydrogens (tertiary/aromatic N) is 2. The summed E-state index contributed by atoms with van der Waals surface area (Å²) in [5, 5.41) is 1.77. The smallest absolute Gasteiger partial charge is 0.275 e. The quantitative estimate of drug-likeness (QED) is 0.404. The highest BCUT2D eigenvalue weighted by Crippen LogP contribution is 2.30. The third-order valence-electron chi connectivity index (χ3n) is 3.29. The second-order valence-corrected chi connectivity index (χ2v) is 6.15. The first-order valence-corrected chi connectivity index (χ1v) is 7.79. The highest BCUT2D eigenvalue weighted by Gasteiger charge is 2.34. The van der Waals surface area contributed by atoms with Gasteiger partial charge in [0.15, 0.2) is 5.82 Å². The molecule has 0 saturated carbocycles. The zero-order valence-corrected chi connectivity index (χ0v) is 14.9. The van der Waals surface area contributed by atoms with Crippen LogP contribution < -0.4 is 5.56 Å². The molecule has 26 heavy (non-hydrogen) atoms. The van der Waals surface area contributed by atoms with Crippen LogP contribution >= 0.6 is 34.8 Å². The number of halogens is 7. The molecule has 2 rings (SSSR count). The van der Waals surface area contributed by atoms with Gasteiger partial charge in [-0.2, -0.15) is 23.0 Å². The summed E-state index contributed by atoms with van der Waals surface area (Å²) in [7, 11) is 0. The van der Waals surface area contributed by atoms with E-state index in [1.54, 1.807) is 0 Å². The van der Waals surface area contributed by atoms with Crippen molar-refractivity contribution in [2.75, 3.05) is 0 Å². The summed E-state index contributed by atoms with van der Waals surface area (Å²) in [6, 6.07) is 1.80. The maximum Gasteiger partial charge on any atom is 0.418 e. The van der Waals surface area contributed by atoms with Crippen molar-refractivity contribution in [3.05, 3.63) is 61.2 Å².